The highest BCUT2D eigenvalue weighted by atomic mass is 16.2. The number of nitrogen functional groups attached to an aromatic ring is 1. The molecule has 2 aromatic heterocycles. The van der Waals surface area contributed by atoms with Crippen molar-refractivity contribution in [3.8, 4) is 0 Å². The first-order valence-electron chi connectivity index (χ1n) is 13.3. The van der Waals surface area contributed by atoms with Gasteiger partial charge in [0.25, 0.3) is 0 Å². The molecule has 4 N–H and O–H groups in total. The van der Waals surface area contributed by atoms with Gasteiger partial charge in [0, 0.05) is 30.6 Å². The predicted octanol–water partition coefficient (Wildman–Crippen LogP) is 6.67. The number of hydrogen-bond donors (Lipinski definition) is 3. The molecule has 0 aliphatic carbocycles. The lowest BCUT2D eigenvalue weighted by atomic mass is 10.1. The first kappa shape index (κ1) is 25.5. The number of rotatable bonds is 13. The molecule has 0 spiro atoms. The minimum atomic E-state index is -0.143. The van der Waals surface area contributed by atoms with E-state index in [4.69, 9.17) is 10.7 Å². The molecule has 2 amide bonds. The number of aromatic nitrogens is 3. The number of para-hydroxylation sites is 2. The molecule has 0 atom stereocenters. The Balaban J connectivity index is 1.24. The number of benzene rings is 2. The smallest absolute Gasteiger partial charge is 0.319 e. The number of urea groups is 1. The molecule has 2 heterocycles. The van der Waals surface area contributed by atoms with E-state index in [0.29, 0.717) is 12.4 Å². The van der Waals surface area contributed by atoms with E-state index in [2.05, 4.69) is 39.2 Å². The minimum absolute atomic E-state index is 0.143. The van der Waals surface area contributed by atoms with Crippen LogP contribution in [0.3, 0.4) is 0 Å². The third kappa shape index (κ3) is 6.53. The molecule has 7 nitrogen and oxygen atoms in total. The molecule has 0 radical (unpaired) electrons. The van der Waals surface area contributed by atoms with Gasteiger partial charge in [0.15, 0.2) is 5.82 Å². The summed E-state index contributed by atoms with van der Waals surface area (Å²) < 4.78 is 2.39. The maximum absolute atomic E-state index is 11.9. The van der Waals surface area contributed by atoms with E-state index in [9.17, 15) is 4.79 Å². The quantitative estimate of drug-likeness (QED) is 0.184. The van der Waals surface area contributed by atoms with Crippen molar-refractivity contribution in [1.82, 2.24) is 19.9 Å². The number of hydrogen-bond acceptors (Lipinski definition) is 4. The maximum atomic E-state index is 11.9. The van der Waals surface area contributed by atoms with Crippen LogP contribution in [0.5, 0.6) is 0 Å². The van der Waals surface area contributed by atoms with Gasteiger partial charge in [0.05, 0.1) is 11.0 Å². The molecule has 36 heavy (non-hydrogen) atoms. The molecule has 0 bridgehead atoms. The van der Waals surface area contributed by atoms with Crippen molar-refractivity contribution in [2.24, 2.45) is 0 Å². The van der Waals surface area contributed by atoms with E-state index < -0.39 is 0 Å². The summed E-state index contributed by atoms with van der Waals surface area (Å²) in [7, 11) is 0. The van der Waals surface area contributed by atoms with Crippen LogP contribution >= 0.6 is 0 Å². The number of pyridine rings is 1. The fourth-order valence-electron chi connectivity index (χ4n) is 4.67. The number of nitrogens with two attached hydrogens (primary N) is 1. The van der Waals surface area contributed by atoms with E-state index in [1.807, 2.05) is 42.5 Å². The Kier molecular flexibility index (Phi) is 9.14. The van der Waals surface area contributed by atoms with Crippen molar-refractivity contribution >= 4 is 39.5 Å². The van der Waals surface area contributed by atoms with Crippen LogP contribution in [0.1, 0.15) is 64.1 Å². The minimum Gasteiger partial charge on any atom is -0.382 e. The number of anilines is 2. The van der Waals surface area contributed by atoms with Crippen LogP contribution in [0, 0.1) is 0 Å². The van der Waals surface area contributed by atoms with Gasteiger partial charge in [-0.15, -0.1) is 0 Å². The molecule has 0 saturated heterocycles. The average molecular weight is 487 g/mol. The Labute approximate surface area is 213 Å². The summed E-state index contributed by atoms with van der Waals surface area (Å²) in [6.45, 7) is 3.86. The molecule has 190 valence electrons. The van der Waals surface area contributed by atoms with Gasteiger partial charge in [-0.2, -0.15) is 0 Å². The molecule has 4 aromatic rings. The molecule has 4 rings (SSSR count). The van der Waals surface area contributed by atoms with E-state index >= 15 is 0 Å². The van der Waals surface area contributed by atoms with Crippen LogP contribution in [-0.4, -0.2) is 27.1 Å². The zero-order chi connectivity index (χ0) is 25.2. The second kappa shape index (κ2) is 12.9. The Hall–Kier alpha value is -3.61. The number of imidazole rings is 1. The van der Waals surface area contributed by atoms with Crippen LogP contribution in [0.15, 0.2) is 54.6 Å². The van der Waals surface area contributed by atoms with Gasteiger partial charge < -0.3 is 20.9 Å². The highest BCUT2D eigenvalue weighted by molar-refractivity contribution is 6.06. The fourth-order valence-corrected chi connectivity index (χ4v) is 4.67. The van der Waals surface area contributed by atoms with Crippen LogP contribution in [-0.2, 0) is 13.0 Å². The second-order valence-corrected chi connectivity index (χ2v) is 9.36. The Morgan fingerprint density at radius 3 is 2.42 bits per heavy atom. The number of aryl methyl sites for hydroxylation is 2. The maximum Gasteiger partial charge on any atom is 0.319 e. The van der Waals surface area contributed by atoms with Crippen LogP contribution in [0.4, 0.5) is 16.3 Å². The summed E-state index contributed by atoms with van der Waals surface area (Å²) >= 11 is 0. The SMILES string of the molecule is CCCCc1nc2c(N)nc3ccccc3c2n1CCCCCCCCNC(=O)Nc1ccccc1. The molecule has 0 aliphatic heterocycles. The predicted molar refractivity (Wildman–Crippen MR) is 149 cm³/mol. The van der Waals surface area contributed by atoms with E-state index in [1.54, 1.807) is 0 Å². The molecule has 2 aromatic carbocycles. The fraction of sp³-hybridized carbons (Fsp3) is 0.414. The van der Waals surface area contributed by atoms with Gasteiger partial charge in [-0.1, -0.05) is 75.4 Å². The lowest BCUT2D eigenvalue weighted by Gasteiger charge is -2.11. The van der Waals surface area contributed by atoms with E-state index in [-0.39, 0.29) is 6.03 Å². The lowest BCUT2D eigenvalue weighted by molar-refractivity contribution is 0.252. The van der Waals surface area contributed by atoms with Gasteiger partial charge in [-0.25, -0.2) is 14.8 Å². The first-order chi connectivity index (χ1) is 17.7. The monoisotopic (exact) mass is 486 g/mol. The molecule has 0 saturated carbocycles. The second-order valence-electron chi connectivity index (χ2n) is 9.36. The van der Waals surface area contributed by atoms with Crippen LogP contribution < -0.4 is 16.4 Å². The van der Waals surface area contributed by atoms with Gasteiger partial charge >= 0.3 is 6.03 Å². The third-order valence-corrected chi connectivity index (χ3v) is 6.57. The topological polar surface area (TPSA) is 97.9 Å². The van der Waals surface area contributed by atoms with E-state index in [1.165, 1.54) is 19.3 Å². The molecule has 0 aliphatic rings. The highest BCUT2D eigenvalue weighted by Gasteiger charge is 2.16. The third-order valence-electron chi connectivity index (χ3n) is 6.57. The normalized spacial score (nSPS) is 11.2. The van der Waals surface area contributed by atoms with Crippen LogP contribution in [0.25, 0.3) is 21.9 Å². The molecule has 7 heteroatoms. The molecule has 0 fully saturated rings. The zero-order valence-corrected chi connectivity index (χ0v) is 21.3. The summed E-state index contributed by atoms with van der Waals surface area (Å²) in [6.07, 6.45) is 9.98. The number of fused-ring (bicyclic) bond motifs is 3. The zero-order valence-electron chi connectivity index (χ0n) is 21.3. The number of nitrogens with one attached hydrogen (secondary N) is 2. The summed E-state index contributed by atoms with van der Waals surface area (Å²) in [5, 5.41) is 6.91. The standard InChI is InChI=1S/C29H38N6O/c1-2-3-19-25-34-26-27(23-17-11-12-18-24(23)33-28(26)30)35(25)21-14-7-5-4-6-13-20-31-29(36)32-22-15-9-8-10-16-22/h8-12,15-18H,2-7,13-14,19-21H2,1H3,(H2,30,33)(H2,31,32,36). The Bertz CT molecular complexity index is 1270. The number of carbonyl (C=O) groups excluding carboxylic acids is 1. The van der Waals surface area contributed by atoms with Gasteiger partial charge in [0.2, 0.25) is 0 Å². The van der Waals surface area contributed by atoms with E-state index in [0.717, 1.165) is 78.5 Å². The molecular formula is C29H38N6O. The van der Waals surface area contributed by atoms with Gasteiger partial charge in [-0.3, -0.25) is 0 Å². The summed E-state index contributed by atoms with van der Waals surface area (Å²) in [6, 6.07) is 17.6. The first-order valence-corrected chi connectivity index (χ1v) is 13.3. The number of carbonyl (C=O) groups is 1. The van der Waals surface area contributed by atoms with Crippen molar-refractivity contribution in [3.05, 3.63) is 60.4 Å². The lowest BCUT2D eigenvalue weighted by Crippen LogP contribution is -2.29. The summed E-state index contributed by atoms with van der Waals surface area (Å²) in [5.41, 5.74) is 10.0. The van der Waals surface area contributed by atoms with Crippen molar-refractivity contribution in [1.29, 1.82) is 0 Å². The largest absolute Gasteiger partial charge is 0.382 e. The highest BCUT2D eigenvalue weighted by Crippen LogP contribution is 2.29. The van der Waals surface area contributed by atoms with Gasteiger partial charge in [0.1, 0.15) is 11.3 Å². The summed E-state index contributed by atoms with van der Waals surface area (Å²) in [4.78, 5) is 21.5. The molecule has 0 unspecified atom stereocenters. The van der Waals surface area contributed by atoms with Crippen molar-refractivity contribution in [2.45, 2.75) is 71.3 Å². The van der Waals surface area contributed by atoms with Crippen LogP contribution in [0.2, 0.25) is 0 Å². The Morgan fingerprint density at radius 2 is 1.61 bits per heavy atom. The van der Waals surface area contributed by atoms with Crippen molar-refractivity contribution in [3.63, 3.8) is 0 Å². The molecular weight excluding hydrogens is 448 g/mol. The van der Waals surface area contributed by atoms with Crippen molar-refractivity contribution in [2.75, 3.05) is 17.6 Å². The average Bonchev–Trinajstić information content (AvgIpc) is 3.26. The Morgan fingerprint density at radius 1 is 0.889 bits per heavy atom. The number of nitrogens with zero attached hydrogens (tertiary/aromatic N) is 3. The summed E-state index contributed by atoms with van der Waals surface area (Å²) in [5.74, 6) is 1.64. The van der Waals surface area contributed by atoms with Gasteiger partial charge in [-0.05, 0) is 37.5 Å². The number of unbranched alkanes of at least 4 members (excludes halogenated alkanes) is 6. The van der Waals surface area contributed by atoms with Crippen molar-refractivity contribution < 1.29 is 4.79 Å². The number of amides is 2.